The second kappa shape index (κ2) is 6.95. The number of benzene rings is 2. The maximum Gasteiger partial charge on any atom is 0.0438 e. The van der Waals surface area contributed by atoms with E-state index in [9.17, 15) is 0 Å². The number of halogens is 2. The van der Waals surface area contributed by atoms with Gasteiger partial charge in [0.15, 0.2) is 0 Å². The number of hydrogen-bond acceptors (Lipinski definition) is 1. The molecule has 0 fully saturated rings. The van der Waals surface area contributed by atoms with Gasteiger partial charge in [0, 0.05) is 22.6 Å². The van der Waals surface area contributed by atoms with E-state index < -0.39 is 0 Å². The fourth-order valence-corrected chi connectivity index (χ4v) is 2.30. The van der Waals surface area contributed by atoms with Crippen LogP contribution in [0.3, 0.4) is 0 Å². The predicted molar refractivity (Wildman–Crippen MR) is 82.9 cm³/mol. The summed E-state index contributed by atoms with van der Waals surface area (Å²) in [6, 6.07) is 16.3. The molecule has 19 heavy (non-hydrogen) atoms. The third kappa shape index (κ3) is 4.54. The molecular weight excluding hydrogens is 277 g/mol. The standard InChI is InChI=1S/C16H17Cl2N/c1-12(10-14-4-2-3-5-16(14)18)19-11-13-6-8-15(17)9-7-13/h2-9,12,19H,10-11H2,1H3. The first kappa shape index (κ1) is 14.4. The minimum Gasteiger partial charge on any atom is -0.310 e. The molecule has 1 unspecified atom stereocenters. The van der Waals surface area contributed by atoms with Crippen molar-refractivity contribution >= 4 is 23.2 Å². The number of rotatable bonds is 5. The Morgan fingerprint density at radius 2 is 1.68 bits per heavy atom. The Hall–Kier alpha value is -1.02. The molecule has 1 N–H and O–H groups in total. The van der Waals surface area contributed by atoms with Gasteiger partial charge in [0.05, 0.1) is 0 Å². The Kier molecular flexibility index (Phi) is 5.26. The third-order valence-electron chi connectivity index (χ3n) is 3.05. The summed E-state index contributed by atoms with van der Waals surface area (Å²) in [5.41, 5.74) is 2.41. The largest absolute Gasteiger partial charge is 0.310 e. The third-order valence-corrected chi connectivity index (χ3v) is 3.67. The molecule has 0 aliphatic rings. The van der Waals surface area contributed by atoms with Crippen molar-refractivity contribution in [1.29, 1.82) is 0 Å². The van der Waals surface area contributed by atoms with Crippen molar-refractivity contribution in [2.45, 2.75) is 25.9 Å². The van der Waals surface area contributed by atoms with Gasteiger partial charge in [-0.2, -0.15) is 0 Å². The van der Waals surface area contributed by atoms with E-state index in [0.29, 0.717) is 6.04 Å². The molecule has 0 bridgehead atoms. The van der Waals surface area contributed by atoms with Crippen molar-refractivity contribution in [2.75, 3.05) is 0 Å². The van der Waals surface area contributed by atoms with Crippen molar-refractivity contribution in [2.24, 2.45) is 0 Å². The fourth-order valence-electron chi connectivity index (χ4n) is 1.96. The molecular formula is C16H17Cl2N. The molecule has 1 atom stereocenters. The summed E-state index contributed by atoms with van der Waals surface area (Å²) in [5.74, 6) is 0. The zero-order valence-electron chi connectivity index (χ0n) is 10.9. The van der Waals surface area contributed by atoms with Crippen LogP contribution >= 0.6 is 23.2 Å². The SMILES string of the molecule is CC(Cc1ccccc1Cl)NCc1ccc(Cl)cc1. The second-order valence-corrected chi connectivity index (χ2v) is 5.55. The lowest BCUT2D eigenvalue weighted by molar-refractivity contribution is 0.545. The normalized spacial score (nSPS) is 12.4. The highest BCUT2D eigenvalue weighted by molar-refractivity contribution is 6.31. The molecule has 2 rings (SSSR count). The maximum absolute atomic E-state index is 6.16. The van der Waals surface area contributed by atoms with E-state index in [4.69, 9.17) is 23.2 Å². The van der Waals surface area contributed by atoms with Crippen molar-refractivity contribution in [1.82, 2.24) is 5.32 Å². The van der Waals surface area contributed by atoms with Crippen LogP contribution in [-0.2, 0) is 13.0 Å². The van der Waals surface area contributed by atoms with E-state index in [1.165, 1.54) is 11.1 Å². The van der Waals surface area contributed by atoms with Gasteiger partial charge >= 0.3 is 0 Å². The summed E-state index contributed by atoms with van der Waals surface area (Å²) >= 11 is 12.0. The van der Waals surface area contributed by atoms with Crippen LogP contribution in [0.1, 0.15) is 18.1 Å². The lowest BCUT2D eigenvalue weighted by atomic mass is 10.1. The van der Waals surface area contributed by atoms with Gasteiger partial charge in [0.2, 0.25) is 0 Å². The van der Waals surface area contributed by atoms with Crippen molar-refractivity contribution in [3.63, 3.8) is 0 Å². The van der Waals surface area contributed by atoms with Crippen LogP contribution < -0.4 is 5.32 Å². The Morgan fingerprint density at radius 1 is 1.00 bits per heavy atom. The highest BCUT2D eigenvalue weighted by atomic mass is 35.5. The Balaban J connectivity index is 1.86. The molecule has 0 saturated carbocycles. The van der Waals surface area contributed by atoms with Crippen LogP contribution in [0.25, 0.3) is 0 Å². The van der Waals surface area contributed by atoms with Gasteiger partial charge in [-0.3, -0.25) is 0 Å². The van der Waals surface area contributed by atoms with Crippen LogP contribution in [0, 0.1) is 0 Å². The summed E-state index contributed by atoms with van der Waals surface area (Å²) in [6.45, 7) is 3.00. The van der Waals surface area contributed by atoms with Gasteiger partial charge < -0.3 is 5.32 Å². The van der Waals surface area contributed by atoms with Crippen LogP contribution in [0.4, 0.5) is 0 Å². The molecule has 1 nitrogen and oxygen atoms in total. The summed E-state index contributed by atoms with van der Waals surface area (Å²) in [5, 5.41) is 5.10. The van der Waals surface area contributed by atoms with E-state index in [2.05, 4.69) is 18.3 Å². The molecule has 0 heterocycles. The van der Waals surface area contributed by atoms with Crippen LogP contribution in [0.5, 0.6) is 0 Å². The highest BCUT2D eigenvalue weighted by Gasteiger charge is 2.06. The molecule has 0 aliphatic heterocycles. The van der Waals surface area contributed by atoms with Crippen molar-refractivity contribution < 1.29 is 0 Å². The molecule has 0 aliphatic carbocycles. The van der Waals surface area contributed by atoms with E-state index >= 15 is 0 Å². The molecule has 0 radical (unpaired) electrons. The summed E-state index contributed by atoms with van der Waals surface area (Å²) in [7, 11) is 0. The maximum atomic E-state index is 6.16. The zero-order valence-corrected chi connectivity index (χ0v) is 12.4. The summed E-state index contributed by atoms with van der Waals surface area (Å²) < 4.78 is 0. The molecule has 0 aromatic heterocycles. The van der Waals surface area contributed by atoms with Gasteiger partial charge in [-0.25, -0.2) is 0 Å². The smallest absolute Gasteiger partial charge is 0.0438 e. The van der Waals surface area contributed by atoms with E-state index in [1.807, 2.05) is 42.5 Å². The quantitative estimate of drug-likeness (QED) is 0.841. The first-order valence-corrected chi connectivity index (χ1v) is 7.12. The number of nitrogens with one attached hydrogen (secondary N) is 1. The van der Waals surface area contributed by atoms with Crippen LogP contribution in [0.15, 0.2) is 48.5 Å². The minimum atomic E-state index is 0.371. The van der Waals surface area contributed by atoms with Crippen molar-refractivity contribution in [3.8, 4) is 0 Å². The Labute approximate surface area is 124 Å². The van der Waals surface area contributed by atoms with Gasteiger partial charge in [-0.05, 0) is 42.7 Å². The topological polar surface area (TPSA) is 12.0 Å². The summed E-state index contributed by atoms with van der Waals surface area (Å²) in [6.07, 6.45) is 0.924. The average molecular weight is 294 g/mol. The van der Waals surface area contributed by atoms with Crippen LogP contribution in [-0.4, -0.2) is 6.04 Å². The van der Waals surface area contributed by atoms with Gasteiger partial charge in [0.1, 0.15) is 0 Å². The minimum absolute atomic E-state index is 0.371. The molecule has 2 aromatic carbocycles. The first-order chi connectivity index (χ1) is 9.15. The van der Waals surface area contributed by atoms with Gasteiger partial charge in [-0.1, -0.05) is 53.5 Å². The highest BCUT2D eigenvalue weighted by Crippen LogP contribution is 2.16. The predicted octanol–water partition coefficient (Wildman–Crippen LogP) is 4.71. The second-order valence-electron chi connectivity index (χ2n) is 4.70. The number of hydrogen-bond donors (Lipinski definition) is 1. The Bertz CT molecular complexity index is 523. The van der Waals surface area contributed by atoms with E-state index in [0.717, 1.165) is 23.0 Å². The fraction of sp³-hybridized carbons (Fsp3) is 0.250. The molecule has 0 spiro atoms. The average Bonchev–Trinajstić information content (AvgIpc) is 2.41. The van der Waals surface area contributed by atoms with E-state index in [-0.39, 0.29) is 0 Å². The molecule has 3 heteroatoms. The zero-order chi connectivity index (χ0) is 13.7. The molecule has 0 amide bonds. The Morgan fingerprint density at radius 3 is 2.37 bits per heavy atom. The lowest BCUT2D eigenvalue weighted by Gasteiger charge is -2.15. The molecule has 2 aromatic rings. The van der Waals surface area contributed by atoms with Gasteiger partial charge in [-0.15, -0.1) is 0 Å². The summed E-state index contributed by atoms with van der Waals surface area (Å²) in [4.78, 5) is 0. The van der Waals surface area contributed by atoms with Crippen LogP contribution in [0.2, 0.25) is 10.0 Å². The first-order valence-electron chi connectivity index (χ1n) is 6.36. The lowest BCUT2D eigenvalue weighted by Crippen LogP contribution is -2.27. The van der Waals surface area contributed by atoms with Gasteiger partial charge in [0.25, 0.3) is 0 Å². The van der Waals surface area contributed by atoms with Crippen molar-refractivity contribution in [3.05, 3.63) is 69.7 Å². The molecule has 0 saturated heterocycles. The molecule has 100 valence electrons. The van der Waals surface area contributed by atoms with E-state index in [1.54, 1.807) is 0 Å². The monoisotopic (exact) mass is 293 g/mol.